The summed E-state index contributed by atoms with van der Waals surface area (Å²) in [6.45, 7) is 3.00. The van der Waals surface area contributed by atoms with E-state index in [0.29, 0.717) is 11.4 Å². The normalized spacial score (nSPS) is 13.3. The minimum absolute atomic E-state index is 0.0562. The molecule has 4 N–H and O–H groups in total. The van der Waals surface area contributed by atoms with Crippen LogP contribution in [0.4, 0.5) is 21.6 Å². The molecule has 0 atom stereocenters. The quantitative estimate of drug-likeness (QED) is 0.398. The Hall–Kier alpha value is -3.99. The van der Waals surface area contributed by atoms with Gasteiger partial charge in [0.2, 0.25) is 0 Å². The van der Waals surface area contributed by atoms with Crippen LogP contribution in [0.15, 0.2) is 43.1 Å². The van der Waals surface area contributed by atoms with Gasteiger partial charge in [-0.25, -0.2) is 24.3 Å². The molecule has 2 heterocycles. The SMILES string of the molecule is CC(C)(O)CNC(=O)c1cccc(F)c1NC(=O)c1nc(C2CC2)cnc1Nc1cncnc1. The zero-order chi connectivity index (χ0) is 24.3. The van der Waals surface area contributed by atoms with Gasteiger partial charge in [-0.15, -0.1) is 0 Å². The number of aliphatic hydroxyl groups is 1. The van der Waals surface area contributed by atoms with Gasteiger partial charge >= 0.3 is 0 Å². The van der Waals surface area contributed by atoms with Gasteiger partial charge in [-0.05, 0) is 38.8 Å². The van der Waals surface area contributed by atoms with Gasteiger partial charge in [-0.3, -0.25) is 9.59 Å². The second-order valence-corrected chi connectivity index (χ2v) is 8.63. The van der Waals surface area contributed by atoms with E-state index in [-0.39, 0.29) is 35.2 Å². The first-order valence-electron chi connectivity index (χ1n) is 10.7. The number of carbonyl (C=O) groups is 2. The highest BCUT2D eigenvalue weighted by Gasteiger charge is 2.28. The molecule has 0 bridgehead atoms. The topological polar surface area (TPSA) is 142 Å². The highest BCUT2D eigenvalue weighted by molar-refractivity contribution is 6.10. The maximum atomic E-state index is 14.7. The van der Waals surface area contributed by atoms with Crippen LogP contribution < -0.4 is 16.0 Å². The molecule has 0 spiro atoms. The summed E-state index contributed by atoms with van der Waals surface area (Å²) in [6, 6.07) is 3.88. The number of halogens is 1. The molecule has 176 valence electrons. The van der Waals surface area contributed by atoms with Crippen molar-refractivity contribution in [1.29, 1.82) is 0 Å². The van der Waals surface area contributed by atoms with Crippen LogP contribution in [0.25, 0.3) is 0 Å². The fourth-order valence-corrected chi connectivity index (χ4v) is 3.13. The molecular weight excluding hydrogens is 441 g/mol. The van der Waals surface area contributed by atoms with Crippen molar-refractivity contribution in [2.45, 2.75) is 38.2 Å². The third-order valence-corrected chi connectivity index (χ3v) is 5.00. The Morgan fingerprint density at radius 2 is 1.88 bits per heavy atom. The minimum Gasteiger partial charge on any atom is -0.389 e. The van der Waals surface area contributed by atoms with Crippen LogP contribution in [-0.4, -0.2) is 49.0 Å². The van der Waals surface area contributed by atoms with E-state index in [4.69, 9.17) is 0 Å². The molecule has 10 nitrogen and oxygen atoms in total. The average Bonchev–Trinajstić information content (AvgIpc) is 3.65. The molecule has 1 fully saturated rings. The van der Waals surface area contributed by atoms with Gasteiger partial charge in [0.05, 0.1) is 46.8 Å². The Labute approximate surface area is 195 Å². The maximum Gasteiger partial charge on any atom is 0.278 e. The largest absolute Gasteiger partial charge is 0.389 e. The van der Waals surface area contributed by atoms with Crippen molar-refractivity contribution < 1.29 is 19.1 Å². The monoisotopic (exact) mass is 465 g/mol. The van der Waals surface area contributed by atoms with E-state index in [1.165, 1.54) is 44.7 Å². The molecule has 34 heavy (non-hydrogen) atoms. The zero-order valence-electron chi connectivity index (χ0n) is 18.7. The molecule has 1 aliphatic rings. The van der Waals surface area contributed by atoms with Crippen LogP contribution in [0.3, 0.4) is 0 Å². The Morgan fingerprint density at radius 1 is 1.15 bits per heavy atom. The summed E-state index contributed by atoms with van der Waals surface area (Å²) >= 11 is 0. The third-order valence-electron chi connectivity index (χ3n) is 5.00. The molecule has 1 saturated carbocycles. The summed E-state index contributed by atoms with van der Waals surface area (Å²) in [5.74, 6) is -1.81. The van der Waals surface area contributed by atoms with Crippen molar-refractivity contribution in [1.82, 2.24) is 25.3 Å². The summed E-state index contributed by atoms with van der Waals surface area (Å²) in [4.78, 5) is 42.5. The molecular formula is C23H24FN7O3. The number of para-hydroxylation sites is 1. The minimum atomic E-state index is -1.16. The molecule has 0 saturated heterocycles. The lowest BCUT2D eigenvalue weighted by Crippen LogP contribution is -2.38. The number of nitrogens with zero attached hydrogens (tertiary/aromatic N) is 4. The van der Waals surface area contributed by atoms with E-state index in [9.17, 15) is 19.1 Å². The van der Waals surface area contributed by atoms with Gasteiger partial charge < -0.3 is 21.1 Å². The zero-order valence-corrected chi connectivity index (χ0v) is 18.7. The molecule has 2 aromatic heterocycles. The fraction of sp³-hybridized carbons (Fsp3) is 0.304. The summed E-state index contributed by atoms with van der Waals surface area (Å²) in [5, 5.41) is 17.8. The summed E-state index contributed by atoms with van der Waals surface area (Å²) in [7, 11) is 0. The van der Waals surface area contributed by atoms with Crippen molar-refractivity contribution >= 4 is 29.0 Å². The second kappa shape index (κ2) is 9.48. The van der Waals surface area contributed by atoms with Crippen LogP contribution in [0.5, 0.6) is 0 Å². The fourth-order valence-electron chi connectivity index (χ4n) is 3.13. The second-order valence-electron chi connectivity index (χ2n) is 8.63. The van der Waals surface area contributed by atoms with Gasteiger partial charge in [-0.1, -0.05) is 6.07 Å². The van der Waals surface area contributed by atoms with Gasteiger partial charge in [0.25, 0.3) is 11.8 Å². The van der Waals surface area contributed by atoms with Gasteiger partial charge in [-0.2, -0.15) is 0 Å². The van der Waals surface area contributed by atoms with E-state index in [1.54, 1.807) is 6.20 Å². The first kappa shape index (κ1) is 23.2. The number of rotatable bonds is 8. The van der Waals surface area contributed by atoms with Gasteiger partial charge in [0.1, 0.15) is 12.1 Å². The number of hydrogen-bond acceptors (Lipinski definition) is 8. The van der Waals surface area contributed by atoms with Crippen LogP contribution in [0.1, 0.15) is 59.1 Å². The lowest BCUT2D eigenvalue weighted by Gasteiger charge is -2.19. The smallest absolute Gasteiger partial charge is 0.278 e. The predicted octanol–water partition coefficient (Wildman–Crippen LogP) is 2.78. The van der Waals surface area contributed by atoms with Crippen molar-refractivity contribution in [3.63, 3.8) is 0 Å². The number of amides is 2. The number of aromatic nitrogens is 4. The lowest BCUT2D eigenvalue weighted by atomic mass is 10.1. The highest BCUT2D eigenvalue weighted by Crippen LogP contribution is 2.39. The number of benzene rings is 1. The van der Waals surface area contributed by atoms with Crippen molar-refractivity contribution in [2.24, 2.45) is 0 Å². The molecule has 1 aliphatic carbocycles. The Morgan fingerprint density at radius 3 is 2.56 bits per heavy atom. The third kappa shape index (κ3) is 5.67. The van der Waals surface area contributed by atoms with E-state index in [2.05, 4.69) is 35.9 Å². The Bertz CT molecular complexity index is 1210. The Kier molecular flexibility index (Phi) is 6.46. The Balaban J connectivity index is 1.63. The number of hydrogen-bond donors (Lipinski definition) is 4. The first-order valence-corrected chi connectivity index (χ1v) is 10.7. The molecule has 3 aromatic rings. The van der Waals surface area contributed by atoms with Gasteiger partial charge in [0, 0.05) is 12.5 Å². The number of anilines is 3. The first-order chi connectivity index (χ1) is 16.2. The van der Waals surface area contributed by atoms with Crippen LogP contribution in [0.2, 0.25) is 0 Å². The standard InChI is InChI=1S/C23H24FN7O3/c1-23(2,34)11-28-21(32)15-4-3-5-16(24)18(15)31-22(33)19-20(29-14-8-25-12-26-9-14)27-10-17(30-19)13-6-7-13/h3-5,8-10,12-13,34H,6-7,11H2,1-2H3,(H,27,29)(H,28,32)(H,31,33). The molecule has 0 aliphatic heterocycles. The summed E-state index contributed by atoms with van der Waals surface area (Å²) < 4.78 is 14.7. The van der Waals surface area contributed by atoms with E-state index < -0.39 is 23.2 Å². The lowest BCUT2D eigenvalue weighted by molar-refractivity contribution is 0.0694. The van der Waals surface area contributed by atoms with Crippen LogP contribution in [-0.2, 0) is 0 Å². The maximum absolute atomic E-state index is 14.7. The van der Waals surface area contributed by atoms with Crippen LogP contribution in [0, 0.1) is 5.82 Å². The average molecular weight is 465 g/mol. The van der Waals surface area contributed by atoms with Crippen molar-refractivity contribution in [3.8, 4) is 0 Å². The summed E-state index contributed by atoms with van der Waals surface area (Å²) in [5.41, 5.74) is -0.450. The van der Waals surface area contributed by atoms with E-state index in [1.807, 2.05) is 0 Å². The van der Waals surface area contributed by atoms with E-state index >= 15 is 0 Å². The van der Waals surface area contributed by atoms with E-state index in [0.717, 1.165) is 18.9 Å². The van der Waals surface area contributed by atoms with Gasteiger partial charge in [0.15, 0.2) is 11.5 Å². The number of nitrogens with one attached hydrogen (secondary N) is 3. The number of carbonyl (C=O) groups excluding carboxylic acids is 2. The molecule has 2 amide bonds. The molecule has 11 heteroatoms. The molecule has 0 radical (unpaired) electrons. The molecule has 1 aromatic carbocycles. The molecule has 0 unspecified atom stereocenters. The van der Waals surface area contributed by atoms with Crippen molar-refractivity contribution in [2.75, 3.05) is 17.2 Å². The predicted molar refractivity (Wildman–Crippen MR) is 122 cm³/mol. The summed E-state index contributed by atoms with van der Waals surface area (Å²) in [6.07, 6.45) is 7.88. The van der Waals surface area contributed by atoms with Crippen molar-refractivity contribution in [3.05, 3.63) is 65.9 Å². The highest BCUT2D eigenvalue weighted by atomic mass is 19.1. The molecule has 4 rings (SSSR count). The van der Waals surface area contributed by atoms with Crippen LogP contribution >= 0.6 is 0 Å².